The van der Waals surface area contributed by atoms with Gasteiger partial charge in [0.1, 0.15) is 6.04 Å². The molecule has 20 heavy (non-hydrogen) atoms. The zero-order valence-electron chi connectivity index (χ0n) is 10.7. The standard InChI is InChI=1S/C13H14ClNO5/c1-8(13(19)20)15(7-6-11(16)17)12(18)9-2-4-10(14)5-3-9/h2-5,8H,6-7H2,1H3,(H,16,17)(H,19,20). The number of carboxylic acid groups (broad SMARTS) is 2. The lowest BCUT2D eigenvalue weighted by Crippen LogP contribution is -2.44. The molecule has 6 nitrogen and oxygen atoms in total. The number of benzene rings is 1. The number of hydrogen-bond acceptors (Lipinski definition) is 3. The van der Waals surface area contributed by atoms with Crippen LogP contribution in [-0.4, -0.2) is 45.5 Å². The Morgan fingerprint density at radius 3 is 2.20 bits per heavy atom. The average molecular weight is 300 g/mol. The maximum absolute atomic E-state index is 12.2. The van der Waals surface area contributed by atoms with E-state index >= 15 is 0 Å². The number of rotatable bonds is 6. The molecule has 1 amide bonds. The van der Waals surface area contributed by atoms with Crippen molar-refractivity contribution in [1.82, 2.24) is 4.90 Å². The number of halogens is 1. The van der Waals surface area contributed by atoms with Gasteiger partial charge >= 0.3 is 11.9 Å². The number of carbonyl (C=O) groups excluding carboxylic acids is 1. The van der Waals surface area contributed by atoms with Crippen LogP contribution in [-0.2, 0) is 9.59 Å². The molecule has 0 aliphatic rings. The summed E-state index contributed by atoms with van der Waals surface area (Å²) in [5.74, 6) is -2.84. The van der Waals surface area contributed by atoms with Crippen LogP contribution in [0.3, 0.4) is 0 Å². The van der Waals surface area contributed by atoms with E-state index in [9.17, 15) is 14.4 Å². The van der Waals surface area contributed by atoms with Crippen LogP contribution in [0.2, 0.25) is 5.02 Å². The molecular weight excluding hydrogens is 286 g/mol. The van der Waals surface area contributed by atoms with E-state index in [0.717, 1.165) is 4.90 Å². The largest absolute Gasteiger partial charge is 0.481 e. The second kappa shape index (κ2) is 6.91. The Balaban J connectivity index is 2.96. The third-order valence-corrected chi connectivity index (χ3v) is 3.00. The molecule has 0 saturated carbocycles. The topological polar surface area (TPSA) is 94.9 Å². The molecule has 1 atom stereocenters. The van der Waals surface area contributed by atoms with Crippen molar-refractivity contribution in [3.63, 3.8) is 0 Å². The Morgan fingerprint density at radius 2 is 1.75 bits per heavy atom. The molecule has 0 aliphatic heterocycles. The molecule has 0 radical (unpaired) electrons. The Labute approximate surface area is 120 Å². The first-order valence-corrected chi connectivity index (χ1v) is 6.22. The van der Waals surface area contributed by atoms with Crippen molar-refractivity contribution in [2.75, 3.05) is 6.54 Å². The highest BCUT2D eigenvalue weighted by Crippen LogP contribution is 2.14. The fraction of sp³-hybridized carbons (Fsp3) is 0.308. The van der Waals surface area contributed by atoms with Crippen molar-refractivity contribution < 1.29 is 24.6 Å². The van der Waals surface area contributed by atoms with E-state index in [1.165, 1.54) is 31.2 Å². The van der Waals surface area contributed by atoms with Crippen molar-refractivity contribution in [3.8, 4) is 0 Å². The van der Waals surface area contributed by atoms with Crippen LogP contribution in [0.5, 0.6) is 0 Å². The molecule has 0 saturated heterocycles. The first-order valence-electron chi connectivity index (χ1n) is 5.84. The van der Waals surface area contributed by atoms with Gasteiger partial charge in [0.05, 0.1) is 6.42 Å². The first-order chi connectivity index (χ1) is 9.32. The van der Waals surface area contributed by atoms with E-state index in [1.54, 1.807) is 0 Å². The van der Waals surface area contributed by atoms with Crippen LogP contribution < -0.4 is 0 Å². The van der Waals surface area contributed by atoms with E-state index in [2.05, 4.69) is 0 Å². The van der Waals surface area contributed by atoms with Gasteiger partial charge in [-0.2, -0.15) is 0 Å². The Hall–Kier alpha value is -2.08. The summed E-state index contributed by atoms with van der Waals surface area (Å²) in [6, 6.07) is 4.84. The first kappa shape index (κ1) is 16.0. The lowest BCUT2D eigenvalue weighted by atomic mass is 10.1. The highest BCUT2D eigenvalue weighted by Gasteiger charge is 2.26. The summed E-state index contributed by atoms with van der Waals surface area (Å²) in [5, 5.41) is 18.1. The minimum atomic E-state index is -1.20. The van der Waals surface area contributed by atoms with E-state index in [-0.39, 0.29) is 18.5 Å². The van der Waals surface area contributed by atoms with Crippen molar-refractivity contribution in [2.45, 2.75) is 19.4 Å². The molecule has 1 aromatic rings. The SMILES string of the molecule is CC(C(=O)O)N(CCC(=O)O)C(=O)c1ccc(Cl)cc1. The van der Waals surface area contributed by atoms with Gasteiger partial charge in [-0.05, 0) is 31.2 Å². The Kier molecular flexibility index (Phi) is 5.52. The fourth-order valence-corrected chi connectivity index (χ4v) is 1.70. The summed E-state index contributed by atoms with van der Waals surface area (Å²) in [5.41, 5.74) is 0.257. The monoisotopic (exact) mass is 299 g/mol. The van der Waals surface area contributed by atoms with Crippen LogP contribution in [0, 0.1) is 0 Å². The second-order valence-corrected chi connectivity index (χ2v) is 4.60. The highest BCUT2D eigenvalue weighted by molar-refractivity contribution is 6.30. The summed E-state index contributed by atoms with van der Waals surface area (Å²) in [4.78, 5) is 34.9. The van der Waals surface area contributed by atoms with E-state index < -0.39 is 23.9 Å². The summed E-state index contributed by atoms with van der Waals surface area (Å²) in [6.07, 6.45) is -0.322. The van der Waals surface area contributed by atoms with Crippen LogP contribution >= 0.6 is 11.6 Å². The molecule has 7 heteroatoms. The molecule has 0 aliphatic carbocycles. The van der Waals surface area contributed by atoms with E-state index in [1.807, 2.05) is 0 Å². The smallest absolute Gasteiger partial charge is 0.326 e. The molecule has 0 aromatic heterocycles. The van der Waals surface area contributed by atoms with Crippen molar-refractivity contribution in [3.05, 3.63) is 34.9 Å². The van der Waals surface area contributed by atoms with Crippen LogP contribution in [0.15, 0.2) is 24.3 Å². The van der Waals surface area contributed by atoms with Crippen LogP contribution in [0.25, 0.3) is 0 Å². The number of aliphatic carboxylic acids is 2. The number of hydrogen-bond donors (Lipinski definition) is 2. The predicted molar refractivity (Wildman–Crippen MR) is 71.8 cm³/mol. The molecule has 0 fully saturated rings. The van der Waals surface area contributed by atoms with E-state index in [0.29, 0.717) is 5.02 Å². The third kappa shape index (κ3) is 4.24. The number of amides is 1. The number of carbonyl (C=O) groups is 3. The molecule has 0 spiro atoms. The van der Waals surface area contributed by atoms with Gasteiger partial charge in [-0.3, -0.25) is 9.59 Å². The number of carboxylic acids is 2. The molecular formula is C13H14ClNO5. The van der Waals surface area contributed by atoms with Crippen LogP contribution in [0.1, 0.15) is 23.7 Å². The zero-order chi connectivity index (χ0) is 15.3. The maximum atomic E-state index is 12.2. The summed E-state index contributed by atoms with van der Waals surface area (Å²) in [6.45, 7) is 1.16. The van der Waals surface area contributed by atoms with E-state index in [4.69, 9.17) is 21.8 Å². The molecule has 2 N–H and O–H groups in total. The van der Waals surface area contributed by atoms with Gasteiger partial charge in [-0.25, -0.2) is 4.79 Å². The minimum Gasteiger partial charge on any atom is -0.481 e. The summed E-state index contributed by atoms with van der Waals surface area (Å²) >= 11 is 5.71. The predicted octanol–water partition coefficient (Wildman–Crippen LogP) is 1.73. The van der Waals surface area contributed by atoms with Gasteiger partial charge in [0.25, 0.3) is 5.91 Å². The second-order valence-electron chi connectivity index (χ2n) is 4.16. The van der Waals surface area contributed by atoms with Gasteiger partial charge in [0, 0.05) is 17.1 Å². The Bertz CT molecular complexity index is 514. The fourth-order valence-electron chi connectivity index (χ4n) is 1.58. The maximum Gasteiger partial charge on any atom is 0.326 e. The summed E-state index contributed by atoms with van der Waals surface area (Å²) < 4.78 is 0. The average Bonchev–Trinajstić information content (AvgIpc) is 2.38. The van der Waals surface area contributed by atoms with Crippen molar-refractivity contribution in [1.29, 1.82) is 0 Å². The van der Waals surface area contributed by atoms with Gasteiger partial charge in [-0.1, -0.05) is 11.6 Å². The normalized spacial score (nSPS) is 11.7. The third-order valence-electron chi connectivity index (χ3n) is 2.74. The van der Waals surface area contributed by atoms with Gasteiger partial charge < -0.3 is 15.1 Å². The minimum absolute atomic E-state index is 0.176. The van der Waals surface area contributed by atoms with Gasteiger partial charge in [-0.15, -0.1) is 0 Å². The molecule has 1 unspecified atom stereocenters. The molecule has 108 valence electrons. The van der Waals surface area contributed by atoms with Crippen molar-refractivity contribution in [2.24, 2.45) is 0 Å². The zero-order valence-corrected chi connectivity index (χ0v) is 11.5. The van der Waals surface area contributed by atoms with Gasteiger partial charge in [0.15, 0.2) is 0 Å². The van der Waals surface area contributed by atoms with Crippen molar-refractivity contribution >= 4 is 29.4 Å². The summed E-state index contributed by atoms with van der Waals surface area (Å²) in [7, 11) is 0. The quantitative estimate of drug-likeness (QED) is 0.834. The van der Waals surface area contributed by atoms with Gasteiger partial charge in [0.2, 0.25) is 0 Å². The lowest BCUT2D eigenvalue weighted by Gasteiger charge is -2.26. The molecule has 0 bridgehead atoms. The molecule has 0 heterocycles. The lowest BCUT2D eigenvalue weighted by molar-refractivity contribution is -0.143. The molecule has 1 rings (SSSR count). The number of nitrogens with zero attached hydrogens (tertiary/aromatic N) is 1. The highest BCUT2D eigenvalue weighted by atomic mass is 35.5. The van der Waals surface area contributed by atoms with Crippen LogP contribution in [0.4, 0.5) is 0 Å². The Morgan fingerprint density at radius 1 is 1.20 bits per heavy atom. The molecule has 1 aromatic carbocycles.